The highest BCUT2D eigenvalue weighted by molar-refractivity contribution is 5.97. The van der Waals surface area contributed by atoms with Gasteiger partial charge in [-0.05, 0) is 24.7 Å². The first-order chi connectivity index (χ1) is 13.0. The van der Waals surface area contributed by atoms with Crippen LogP contribution in [-0.4, -0.2) is 60.0 Å². The molecule has 4 amide bonds. The van der Waals surface area contributed by atoms with Gasteiger partial charge in [0.1, 0.15) is 17.6 Å². The Morgan fingerprint density at radius 3 is 2.43 bits per heavy atom. The zero-order valence-electron chi connectivity index (χ0n) is 16.9. The van der Waals surface area contributed by atoms with E-state index < -0.39 is 40.9 Å². The fraction of sp³-hybridized carbons (Fsp3) is 0.684. The number of nitrogens with zero attached hydrogens (tertiary/aromatic N) is 1. The fourth-order valence-corrected chi connectivity index (χ4v) is 3.66. The van der Waals surface area contributed by atoms with E-state index in [2.05, 4.69) is 21.9 Å². The van der Waals surface area contributed by atoms with Crippen molar-refractivity contribution in [2.24, 2.45) is 17.1 Å². The van der Waals surface area contributed by atoms with Crippen LogP contribution in [0.4, 0.5) is 4.79 Å². The highest BCUT2D eigenvalue weighted by atomic mass is 16.5. The zero-order chi connectivity index (χ0) is 21.3. The van der Waals surface area contributed by atoms with E-state index in [0.29, 0.717) is 25.8 Å². The summed E-state index contributed by atoms with van der Waals surface area (Å²) in [4.78, 5) is 51.0. The number of alkyl carbamates (subject to hydrolysis) is 1. The molecule has 4 atom stereocenters. The number of methoxy groups -OCH3 is 1. The van der Waals surface area contributed by atoms with Crippen molar-refractivity contribution in [2.45, 2.75) is 57.7 Å². The summed E-state index contributed by atoms with van der Waals surface area (Å²) in [7, 11) is 1.22. The number of hydrogen-bond acceptors (Lipinski definition) is 5. The van der Waals surface area contributed by atoms with Gasteiger partial charge in [-0.3, -0.25) is 14.4 Å². The Balaban J connectivity index is 2.17. The average Bonchev–Trinajstić information content (AvgIpc) is 3.11. The van der Waals surface area contributed by atoms with E-state index in [-0.39, 0.29) is 11.8 Å². The van der Waals surface area contributed by atoms with Gasteiger partial charge >= 0.3 is 6.09 Å². The normalized spacial score (nSPS) is 27.5. The Morgan fingerprint density at radius 1 is 1.32 bits per heavy atom. The molecule has 2 fully saturated rings. The lowest BCUT2D eigenvalue weighted by Gasteiger charge is -2.35. The van der Waals surface area contributed by atoms with Gasteiger partial charge in [-0.1, -0.05) is 26.8 Å². The molecule has 0 aromatic carbocycles. The molecule has 0 aromatic heterocycles. The van der Waals surface area contributed by atoms with Gasteiger partial charge in [-0.15, -0.1) is 6.58 Å². The summed E-state index contributed by atoms with van der Waals surface area (Å²) in [6.07, 6.45) is 2.41. The fourth-order valence-electron chi connectivity index (χ4n) is 3.66. The van der Waals surface area contributed by atoms with Crippen LogP contribution in [-0.2, 0) is 19.1 Å². The Bertz CT molecular complexity index is 686. The largest absolute Gasteiger partial charge is 0.453 e. The molecule has 1 aliphatic heterocycles. The maximum atomic E-state index is 13.2. The Morgan fingerprint density at radius 2 is 1.96 bits per heavy atom. The molecule has 28 heavy (non-hydrogen) atoms. The average molecular weight is 394 g/mol. The Hall–Kier alpha value is -2.58. The van der Waals surface area contributed by atoms with Gasteiger partial charge < -0.3 is 26.0 Å². The molecule has 1 saturated heterocycles. The SMILES string of the molecule is C=C[C@@H]1C[C@]1(NC(=O)[C@@H]1CCCN1C(=O)[C@@H](NC(=O)OC)C(C)(C)C)C(N)=O. The molecule has 1 aliphatic carbocycles. The third-order valence-corrected chi connectivity index (χ3v) is 5.48. The summed E-state index contributed by atoms with van der Waals surface area (Å²) >= 11 is 0. The number of likely N-dealkylation sites (tertiary alicyclic amines) is 1. The van der Waals surface area contributed by atoms with Crippen molar-refractivity contribution in [3.63, 3.8) is 0 Å². The second kappa shape index (κ2) is 7.81. The maximum Gasteiger partial charge on any atom is 0.407 e. The second-order valence-electron chi connectivity index (χ2n) is 8.50. The summed E-state index contributed by atoms with van der Waals surface area (Å²) in [5.74, 6) is -1.59. The Labute approximate surface area is 165 Å². The molecule has 0 radical (unpaired) electrons. The minimum absolute atomic E-state index is 0.206. The first-order valence-corrected chi connectivity index (χ1v) is 9.37. The highest BCUT2D eigenvalue weighted by Gasteiger charge is 2.59. The molecule has 9 heteroatoms. The summed E-state index contributed by atoms with van der Waals surface area (Å²) < 4.78 is 4.63. The predicted octanol–water partition coefficient (Wildman–Crippen LogP) is 0.294. The van der Waals surface area contributed by atoms with Gasteiger partial charge in [0.15, 0.2) is 0 Å². The van der Waals surface area contributed by atoms with E-state index in [9.17, 15) is 19.2 Å². The van der Waals surface area contributed by atoms with Crippen LogP contribution >= 0.6 is 0 Å². The standard InChI is InChI=1S/C19H30N4O5/c1-6-11-10-19(11,16(20)26)22-14(24)12-8-7-9-23(12)15(25)13(18(2,3)4)21-17(27)28-5/h6,11-13H,1,7-10H2,2-5H3,(H2,20,26)(H,21,27)(H,22,24)/t11-,12+,13-,19-/m1/s1. The van der Waals surface area contributed by atoms with Crippen molar-refractivity contribution in [2.75, 3.05) is 13.7 Å². The second-order valence-corrected chi connectivity index (χ2v) is 8.50. The van der Waals surface area contributed by atoms with E-state index >= 15 is 0 Å². The summed E-state index contributed by atoms with van der Waals surface area (Å²) in [6.45, 7) is 9.50. The van der Waals surface area contributed by atoms with Crippen molar-refractivity contribution in [3.05, 3.63) is 12.7 Å². The molecule has 9 nitrogen and oxygen atoms in total. The van der Waals surface area contributed by atoms with Crippen LogP contribution in [0.2, 0.25) is 0 Å². The van der Waals surface area contributed by atoms with Gasteiger partial charge in [0.25, 0.3) is 0 Å². The van der Waals surface area contributed by atoms with Crippen LogP contribution in [0.1, 0.15) is 40.0 Å². The molecule has 0 bridgehead atoms. The third kappa shape index (κ3) is 4.13. The van der Waals surface area contributed by atoms with Gasteiger partial charge in [-0.2, -0.15) is 0 Å². The number of primary amides is 1. The molecule has 1 saturated carbocycles. The zero-order valence-corrected chi connectivity index (χ0v) is 16.9. The number of amides is 4. The summed E-state index contributed by atoms with van der Waals surface area (Å²) in [5.41, 5.74) is 3.76. The van der Waals surface area contributed by atoms with Crippen molar-refractivity contribution in [1.82, 2.24) is 15.5 Å². The lowest BCUT2D eigenvalue weighted by atomic mass is 9.85. The van der Waals surface area contributed by atoms with E-state index in [1.165, 1.54) is 12.0 Å². The summed E-state index contributed by atoms with van der Waals surface area (Å²) in [6, 6.07) is -1.58. The number of carbonyl (C=O) groups is 4. The molecule has 0 unspecified atom stereocenters. The molecular weight excluding hydrogens is 364 g/mol. The lowest BCUT2D eigenvalue weighted by molar-refractivity contribution is -0.142. The van der Waals surface area contributed by atoms with Crippen molar-refractivity contribution in [1.29, 1.82) is 0 Å². The number of hydrogen-bond donors (Lipinski definition) is 3. The topological polar surface area (TPSA) is 131 Å². The van der Waals surface area contributed by atoms with Gasteiger partial charge in [0.05, 0.1) is 7.11 Å². The van der Waals surface area contributed by atoms with E-state index in [1.54, 1.807) is 6.08 Å². The van der Waals surface area contributed by atoms with Gasteiger partial charge in [-0.25, -0.2) is 4.79 Å². The monoisotopic (exact) mass is 394 g/mol. The van der Waals surface area contributed by atoms with Crippen molar-refractivity contribution in [3.8, 4) is 0 Å². The van der Waals surface area contributed by atoms with E-state index in [1.807, 2.05) is 20.8 Å². The number of rotatable bonds is 6. The molecule has 156 valence electrons. The van der Waals surface area contributed by atoms with Crippen LogP contribution in [0.25, 0.3) is 0 Å². The number of nitrogens with one attached hydrogen (secondary N) is 2. The van der Waals surface area contributed by atoms with Crippen molar-refractivity contribution >= 4 is 23.8 Å². The maximum absolute atomic E-state index is 13.2. The van der Waals surface area contributed by atoms with Crippen LogP contribution in [0.5, 0.6) is 0 Å². The van der Waals surface area contributed by atoms with Crippen molar-refractivity contribution < 1.29 is 23.9 Å². The lowest BCUT2D eigenvalue weighted by Crippen LogP contribution is -2.59. The minimum Gasteiger partial charge on any atom is -0.453 e. The first kappa shape index (κ1) is 21.7. The quantitative estimate of drug-likeness (QED) is 0.558. The molecule has 2 aliphatic rings. The predicted molar refractivity (Wildman–Crippen MR) is 102 cm³/mol. The smallest absolute Gasteiger partial charge is 0.407 e. The third-order valence-electron chi connectivity index (χ3n) is 5.48. The minimum atomic E-state index is -1.12. The molecule has 0 aromatic rings. The number of ether oxygens (including phenoxy) is 1. The molecule has 1 heterocycles. The molecule has 2 rings (SSSR count). The number of carbonyl (C=O) groups excluding carboxylic acids is 4. The summed E-state index contributed by atoms with van der Waals surface area (Å²) in [5, 5.41) is 5.30. The van der Waals surface area contributed by atoms with Gasteiger partial charge in [0.2, 0.25) is 17.7 Å². The van der Waals surface area contributed by atoms with E-state index in [0.717, 1.165) is 0 Å². The van der Waals surface area contributed by atoms with Crippen LogP contribution in [0.15, 0.2) is 12.7 Å². The van der Waals surface area contributed by atoms with Crippen LogP contribution in [0.3, 0.4) is 0 Å². The molecule has 0 spiro atoms. The molecule has 4 N–H and O–H groups in total. The van der Waals surface area contributed by atoms with E-state index in [4.69, 9.17) is 5.73 Å². The van der Waals surface area contributed by atoms with Gasteiger partial charge in [0, 0.05) is 12.5 Å². The molecular formula is C19H30N4O5. The first-order valence-electron chi connectivity index (χ1n) is 9.37. The van der Waals surface area contributed by atoms with Crippen LogP contribution < -0.4 is 16.4 Å². The van der Waals surface area contributed by atoms with Crippen LogP contribution in [0, 0.1) is 11.3 Å². The Kier molecular flexibility index (Phi) is 6.06. The number of nitrogens with two attached hydrogens (primary N) is 1. The highest BCUT2D eigenvalue weighted by Crippen LogP contribution is 2.44.